The largest absolute Gasteiger partial charge is 0.486 e. The van der Waals surface area contributed by atoms with E-state index in [0.29, 0.717) is 29.4 Å². The normalized spacial score (nSPS) is 15.0. The smallest absolute Gasteiger partial charge is 0.251 e. The number of fused-ring (bicyclic) bond motifs is 1. The van der Waals surface area contributed by atoms with Crippen molar-refractivity contribution >= 4 is 21.6 Å². The van der Waals surface area contributed by atoms with Crippen LogP contribution in [-0.2, 0) is 16.6 Å². The molecule has 1 amide bonds. The predicted molar refractivity (Wildman–Crippen MR) is 127 cm³/mol. The first-order chi connectivity index (χ1) is 15.8. The van der Waals surface area contributed by atoms with Gasteiger partial charge in [0.05, 0.1) is 25.0 Å². The van der Waals surface area contributed by atoms with Crippen LogP contribution in [0, 0.1) is 6.92 Å². The number of rotatable bonds is 7. The number of carbonyl (C=O) groups excluding carboxylic acids is 1. The van der Waals surface area contributed by atoms with Crippen LogP contribution in [0.25, 0.3) is 0 Å². The number of para-hydroxylation sites is 2. The van der Waals surface area contributed by atoms with Gasteiger partial charge in [0.25, 0.3) is 5.91 Å². The monoisotopic (exact) mass is 466 g/mol. The van der Waals surface area contributed by atoms with E-state index in [2.05, 4.69) is 5.32 Å². The molecule has 3 aromatic carbocycles. The highest BCUT2D eigenvalue weighted by Crippen LogP contribution is 2.30. The van der Waals surface area contributed by atoms with Crippen molar-refractivity contribution in [3.8, 4) is 11.5 Å². The second-order valence-electron chi connectivity index (χ2n) is 7.95. The molecule has 3 aromatic rings. The zero-order valence-electron chi connectivity index (χ0n) is 18.5. The molecule has 1 aliphatic heterocycles. The summed E-state index contributed by atoms with van der Waals surface area (Å²) in [6, 6.07) is 21.6. The van der Waals surface area contributed by atoms with E-state index in [1.54, 1.807) is 24.3 Å². The maximum atomic E-state index is 12.6. The molecule has 0 radical (unpaired) electrons. The van der Waals surface area contributed by atoms with Gasteiger partial charge in [0.1, 0.15) is 12.7 Å². The molecule has 33 heavy (non-hydrogen) atoms. The molecule has 7 nitrogen and oxygen atoms in total. The quantitative estimate of drug-likeness (QED) is 0.576. The van der Waals surface area contributed by atoms with Gasteiger partial charge in [-0.2, -0.15) is 0 Å². The van der Waals surface area contributed by atoms with E-state index >= 15 is 0 Å². The number of nitrogens with zero attached hydrogens (tertiary/aromatic N) is 1. The molecular formula is C25H26N2O5S. The average Bonchev–Trinajstić information content (AvgIpc) is 2.81. The van der Waals surface area contributed by atoms with E-state index in [-0.39, 0.29) is 25.1 Å². The third kappa shape index (κ3) is 5.46. The van der Waals surface area contributed by atoms with Crippen molar-refractivity contribution < 1.29 is 22.7 Å². The molecule has 0 saturated heterocycles. The van der Waals surface area contributed by atoms with Gasteiger partial charge in [0.2, 0.25) is 10.0 Å². The van der Waals surface area contributed by atoms with E-state index < -0.39 is 10.0 Å². The minimum atomic E-state index is -3.51. The number of benzene rings is 3. The molecule has 0 bridgehead atoms. The van der Waals surface area contributed by atoms with Gasteiger partial charge in [-0.1, -0.05) is 36.4 Å². The average molecular weight is 467 g/mol. The molecule has 0 saturated carbocycles. The van der Waals surface area contributed by atoms with Crippen molar-refractivity contribution in [1.82, 2.24) is 5.32 Å². The molecule has 0 aliphatic carbocycles. The van der Waals surface area contributed by atoms with Crippen LogP contribution in [0.2, 0.25) is 0 Å². The Kier molecular flexibility index (Phi) is 6.55. The fourth-order valence-electron chi connectivity index (χ4n) is 3.59. The van der Waals surface area contributed by atoms with Crippen LogP contribution < -0.4 is 19.1 Å². The SMILES string of the molecule is Cc1ccccc1CN(c1ccc(C(=O)NCC2COc3ccccc3O2)cc1)S(C)(=O)=O. The summed E-state index contributed by atoms with van der Waals surface area (Å²) in [5, 5.41) is 2.85. The van der Waals surface area contributed by atoms with Gasteiger partial charge in [-0.25, -0.2) is 8.42 Å². The molecular weight excluding hydrogens is 440 g/mol. The first kappa shape index (κ1) is 22.7. The molecule has 1 atom stereocenters. The van der Waals surface area contributed by atoms with Crippen molar-refractivity contribution in [1.29, 1.82) is 0 Å². The molecule has 0 aromatic heterocycles. The highest BCUT2D eigenvalue weighted by Gasteiger charge is 2.22. The molecule has 8 heteroatoms. The Balaban J connectivity index is 1.41. The molecule has 172 valence electrons. The Morgan fingerprint density at radius 2 is 1.67 bits per heavy atom. The number of sulfonamides is 1. The van der Waals surface area contributed by atoms with E-state index in [9.17, 15) is 13.2 Å². The summed E-state index contributed by atoms with van der Waals surface area (Å²) in [6.07, 6.45) is 0.883. The van der Waals surface area contributed by atoms with E-state index in [4.69, 9.17) is 9.47 Å². The lowest BCUT2D eigenvalue weighted by Gasteiger charge is -2.26. The maximum Gasteiger partial charge on any atom is 0.251 e. The number of ether oxygens (including phenoxy) is 2. The molecule has 4 rings (SSSR count). The number of amides is 1. The summed E-state index contributed by atoms with van der Waals surface area (Å²) in [4.78, 5) is 12.6. The Hall–Kier alpha value is -3.52. The Morgan fingerprint density at radius 1 is 1.00 bits per heavy atom. The molecule has 0 fully saturated rings. The van der Waals surface area contributed by atoms with Crippen LogP contribution in [-0.4, -0.2) is 39.8 Å². The zero-order chi connectivity index (χ0) is 23.4. The molecule has 1 heterocycles. The van der Waals surface area contributed by atoms with Crippen LogP contribution in [0.1, 0.15) is 21.5 Å². The number of aryl methyl sites for hydroxylation is 1. The highest BCUT2D eigenvalue weighted by atomic mass is 32.2. The van der Waals surface area contributed by atoms with Crippen LogP contribution in [0.4, 0.5) is 5.69 Å². The Morgan fingerprint density at radius 3 is 2.36 bits per heavy atom. The standard InChI is InChI=1S/C25H26N2O5S/c1-18-7-3-4-8-20(18)16-27(33(2,29)30)21-13-11-19(12-14-21)25(28)26-15-22-17-31-23-9-5-6-10-24(23)32-22/h3-14,22H,15-17H2,1-2H3,(H,26,28). The fraction of sp³-hybridized carbons (Fsp3) is 0.240. The third-order valence-corrected chi connectivity index (χ3v) is 6.59. The molecule has 1 aliphatic rings. The van der Waals surface area contributed by atoms with Gasteiger partial charge >= 0.3 is 0 Å². The number of nitrogens with one attached hydrogen (secondary N) is 1. The van der Waals surface area contributed by atoms with Crippen molar-refractivity contribution in [3.05, 3.63) is 89.5 Å². The topological polar surface area (TPSA) is 84.9 Å². The fourth-order valence-corrected chi connectivity index (χ4v) is 4.47. The van der Waals surface area contributed by atoms with Gasteiger partial charge in [0.15, 0.2) is 11.5 Å². The molecule has 1 unspecified atom stereocenters. The first-order valence-electron chi connectivity index (χ1n) is 10.6. The number of hydrogen-bond acceptors (Lipinski definition) is 5. The first-order valence-corrected chi connectivity index (χ1v) is 12.4. The number of anilines is 1. The Bertz CT molecular complexity index is 1240. The van der Waals surface area contributed by atoms with E-state index in [1.165, 1.54) is 10.6 Å². The van der Waals surface area contributed by atoms with Crippen molar-refractivity contribution in [2.75, 3.05) is 23.7 Å². The van der Waals surface area contributed by atoms with Gasteiger partial charge in [0, 0.05) is 5.56 Å². The van der Waals surface area contributed by atoms with Crippen LogP contribution >= 0.6 is 0 Å². The van der Waals surface area contributed by atoms with Crippen LogP contribution in [0.15, 0.2) is 72.8 Å². The lowest BCUT2D eigenvalue weighted by Crippen LogP contribution is -2.40. The minimum absolute atomic E-state index is 0.220. The van der Waals surface area contributed by atoms with Gasteiger partial charge in [-0.15, -0.1) is 0 Å². The van der Waals surface area contributed by atoms with Gasteiger partial charge in [-0.3, -0.25) is 9.10 Å². The summed E-state index contributed by atoms with van der Waals surface area (Å²) in [5.74, 6) is 1.08. The second kappa shape index (κ2) is 9.54. The van der Waals surface area contributed by atoms with Crippen molar-refractivity contribution in [2.45, 2.75) is 19.6 Å². The zero-order valence-corrected chi connectivity index (χ0v) is 19.3. The van der Waals surface area contributed by atoms with Gasteiger partial charge < -0.3 is 14.8 Å². The van der Waals surface area contributed by atoms with E-state index in [0.717, 1.165) is 11.1 Å². The van der Waals surface area contributed by atoms with Crippen LogP contribution in [0.5, 0.6) is 11.5 Å². The third-order valence-electron chi connectivity index (χ3n) is 5.45. The lowest BCUT2D eigenvalue weighted by molar-refractivity contribution is 0.0789. The lowest BCUT2D eigenvalue weighted by atomic mass is 10.1. The summed E-state index contributed by atoms with van der Waals surface area (Å²) in [6.45, 7) is 2.80. The number of hydrogen-bond donors (Lipinski definition) is 1. The Labute approximate surface area is 194 Å². The van der Waals surface area contributed by atoms with Crippen LogP contribution in [0.3, 0.4) is 0 Å². The predicted octanol–water partition coefficient (Wildman–Crippen LogP) is 3.53. The summed E-state index contributed by atoms with van der Waals surface area (Å²) in [7, 11) is -3.51. The van der Waals surface area contributed by atoms with Crippen molar-refractivity contribution in [2.24, 2.45) is 0 Å². The van der Waals surface area contributed by atoms with Crippen molar-refractivity contribution in [3.63, 3.8) is 0 Å². The summed E-state index contributed by atoms with van der Waals surface area (Å²) >= 11 is 0. The molecule has 0 spiro atoms. The molecule has 1 N–H and O–H groups in total. The summed E-state index contributed by atoms with van der Waals surface area (Å²) < 4.78 is 37.8. The van der Waals surface area contributed by atoms with Gasteiger partial charge in [-0.05, 0) is 54.4 Å². The second-order valence-corrected chi connectivity index (χ2v) is 9.86. The highest BCUT2D eigenvalue weighted by molar-refractivity contribution is 7.92. The van der Waals surface area contributed by atoms with E-state index in [1.807, 2.05) is 55.5 Å². The summed E-state index contributed by atoms with van der Waals surface area (Å²) in [5.41, 5.74) is 2.86. The minimum Gasteiger partial charge on any atom is -0.486 e. The number of carbonyl (C=O) groups is 1. The maximum absolute atomic E-state index is 12.6.